The van der Waals surface area contributed by atoms with E-state index >= 15 is 0 Å². The molecule has 148 valence electrons. The van der Waals surface area contributed by atoms with Crippen molar-refractivity contribution in [3.63, 3.8) is 0 Å². The Hall–Kier alpha value is -2.38. The molecule has 2 aromatic carbocycles. The Bertz CT molecular complexity index is 972. The number of aryl methyl sites for hydroxylation is 1. The summed E-state index contributed by atoms with van der Waals surface area (Å²) in [7, 11) is -3.56. The third-order valence-electron chi connectivity index (χ3n) is 5.37. The normalized spacial score (nSPS) is 19.6. The van der Waals surface area contributed by atoms with Gasteiger partial charge in [-0.15, -0.1) is 0 Å². The standard InChI is InChI=1S/C21H25N3O3S/c1-15-7-8-19(13-20(15)28(26,27)23-18-9-10-18)22-21(25)24-12-11-17(14-24)16-5-3-2-4-6-16/h2-8,13,17-18,23H,9-12,14H2,1H3,(H,22,25)/t17-/m1/s1. The summed E-state index contributed by atoms with van der Waals surface area (Å²) in [5.74, 6) is 0.337. The van der Waals surface area contributed by atoms with Crippen LogP contribution >= 0.6 is 0 Å². The largest absolute Gasteiger partial charge is 0.324 e. The van der Waals surface area contributed by atoms with Gasteiger partial charge in [0.15, 0.2) is 0 Å². The number of sulfonamides is 1. The number of carbonyl (C=O) groups excluding carboxylic acids is 1. The Kier molecular flexibility index (Phi) is 5.12. The van der Waals surface area contributed by atoms with E-state index in [2.05, 4.69) is 22.2 Å². The van der Waals surface area contributed by atoms with Crippen molar-refractivity contribution < 1.29 is 13.2 Å². The number of hydrogen-bond donors (Lipinski definition) is 2. The molecule has 1 saturated carbocycles. The lowest BCUT2D eigenvalue weighted by Crippen LogP contribution is -2.33. The van der Waals surface area contributed by atoms with Gasteiger partial charge in [-0.25, -0.2) is 17.9 Å². The average Bonchev–Trinajstić information content (AvgIpc) is 3.33. The highest BCUT2D eigenvalue weighted by atomic mass is 32.2. The summed E-state index contributed by atoms with van der Waals surface area (Å²) in [5.41, 5.74) is 2.40. The lowest BCUT2D eigenvalue weighted by Gasteiger charge is -2.18. The Labute approximate surface area is 166 Å². The van der Waals surface area contributed by atoms with E-state index in [1.165, 1.54) is 5.56 Å². The molecule has 2 aromatic rings. The van der Waals surface area contributed by atoms with E-state index in [4.69, 9.17) is 0 Å². The van der Waals surface area contributed by atoms with Crippen LogP contribution in [-0.2, 0) is 10.0 Å². The van der Waals surface area contributed by atoms with Gasteiger partial charge in [0, 0.05) is 30.7 Å². The molecule has 0 aromatic heterocycles. The van der Waals surface area contributed by atoms with E-state index in [9.17, 15) is 13.2 Å². The number of rotatable bonds is 5. The van der Waals surface area contributed by atoms with Gasteiger partial charge in [0.2, 0.25) is 10.0 Å². The van der Waals surface area contributed by atoms with E-state index in [-0.39, 0.29) is 17.0 Å². The number of benzene rings is 2. The van der Waals surface area contributed by atoms with Crippen LogP contribution in [0.3, 0.4) is 0 Å². The molecule has 0 radical (unpaired) electrons. The van der Waals surface area contributed by atoms with Crippen molar-refractivity contribution in [1.82, 2.24) is 9.62 Å². The van der Waals surface area contributed by atoms with Gasteiger partial charge >= 0.3 is 6.03 Å². The summed E-state index contributed by atoms with van der Waals surface area (Å²) in [5, 5.41) is 2.86. The molecule has 2 fully saturated rings. The van der Waals surface area contributed by atoms with Crippen LogP contribution in [-0.4, -0.2) is 38.5 Å². The van der Waals surface area contributed by atoms with Crippen LogP contribution in [0.25, 0.3) is 0 Å². The topological polar surface area (TPSA) is 78.5 Å². The minimum Gasteiger partial charge on any atom is -0.324 e. The van der Waals surface area contributed by atoms with Crippen molar-refractivity contribution in [2.24, 2.45) is 0 Å². The molecule has 6 nitrogen and oxygen atoms in total. The second-order valence-electron chi connectivity index (χ2n) is 7.65. The fourth-order valence-electron chi connectivity index (χ4n) is 3.60. The maximum atomic E-state index is 12.7. The molecule has 2 N–H and O–H groups in total. The van der Waals surface area contributed by atoms with Gasteiger partial charge in [0.25, 0.3) is 0 Å². The van der Waals surface area contributed by atoms with E-state index in [1.54, 1.807) is 30.0 Å². The molecule has 1 heterocycles. The quantitative estimate of drug-likeness (QED) is 0.808. The number of amides is 2. The molecule has 1 aliphatic heterocycles. The highest BCUT2D eigenvalue weighted by molar-refractivity contribution is 7.89. The molecule has 1 atom stereocenters. The number of likely N-dealkylation sites (tertiary alicyclic amines) is 1. The zero-order chi connectivity index (χ0) is 19.7. The minimum absolute atomic E-state index is 0.0437. The van der Waals surface area contributed by atoms with Crippen molar-refractivity contribution in [3.05, 3.63) is 59.7 Å². The van der Waals surface area contributed by atoms with Crippen molar-refractivity contribution in [1.29, 1.82) is 0 Å². The minimum atomic E-state index is -3.56. The van der Waals surface area contributed by atoms with Crippen molar-refractivity contribution in [2.45, 2.75) is 43.0 Å². The summed E-state index contributed by atoms with van der Waals surface area (Å²) < 4.78 is 27.8. The average molecular weight is 400 g/mol. The van der Waals surface area contributed by atoms with Crippen LogP contribution < -0.4 is 10.0 Å². The van der Waals surface area contributed by atoms with Gasteiger partial charge in [-0.3, -0.25) is 0 Å². The summed E-state index contributed by atoms with van der Waals surface area (Å²) in [6.45, 7) is 3.11. The zero-order valence-corrected chi connectivity index (χ0v) is 16.7. The predicted octanol–water partition coefficient (Wildman–Crippen LogP) is 3.46. The van der Waals surface area contributed by atoms with Crippen LogP contribution in [0.2, 0.25) is 0 Å². The van der Waals surface area contributed by atoms with Gasteiger partial charge in [0.1, 0.15) is 0 Å². The van der Waals surface area contributed by atoms with Crippen molar-refractivity contribution >= 4 is 21.7 Å². The second-order valence-corrected chi connectivity index (χ2v) is 9.33. The maximum Gasteiger partial charge on any atom is 0.321 e. The molecule has 0 spiro atoms. The Morgan fingerprint density at radius 3 is 2.54 bits per heavy atom. The van der Waals surface area contributed by atoms with Gasteiger partial charge in [-0.05, 0) is 49.4 Å². The Morgan fingerprint density at radius 1 is 1.07 bits per heavy atom. The molecule has 0 bridgehead atoms. The van der Waals surface area contributed by atoms with Crippen LogP contribution in [0.1, 0.15) is 36.3 Å². The highest BCUT2D eigenvalue weighted by Gasteiger charge is 2.30. The first-order chi connectivity index (χ1) is 13.4. The molecule has 7 heteroatoms. The third kappa shape index (κ3) is 4.20. The van der Waals surface area contributed by atoms with Crippen LogP contribution in [0.15, 0.2) is 53.4 Å². The van der Waals surface area contributed by atoms with Gasteiger partial charge in [-0.2, -0.15) is 0 Å². The molecule has 2 aliphatic rings. The van der Waals surface area contributed by atoms with Crippen LogP contribution in [0, 0.1) is 6.92 Å². The molecular weight excluding hydrogens is 374 g/mol. The second kappa shape index (κ2) is 7.56. The summed E-state index contributed by atoms with van der Waals surface area (Å²) >= 11 is 0. The summed E-state index contributed by atoms with van der Waals surface area (Å²) in [6, 6.07) is 15.1. The first-order valence-corrected chi connectivity index (χ1v) is 11.1. The fraction of sp³-hybridized carbons (Fsp3) is 0.381. The van der Waals surface area contributed by atoms with E-state index in [0.717, 1.165) is 19.3 Å². The molecular formula is C21H25N3O3S. The number of carbonyl (C=O) groups is 1. The maximum absolute atomic E-state index is 12.7. The molecule has 28 heavy (non-hydrogen) atoms. The number of anilines is 1. The van der Waals surface area contributed by atoms with Crippen molar-refractivity contribution in [2.75, 3.05) is 18.4 Å². The monoisotopic (exact) mass is 399 g/mol. The first-order valence-electron chi connectivity index (χ1n) is 9.66. The molecule has 2 amide bonds. The van der Waals surface area contributed by atoms with E-state index < -0.39 is 10.0 Å². The molecule has 1 saturated heterocycles. The molecule has 0 unspecified atom stereocenters. The number of nitrogens with one attached hydrogen (secondary N) is 2. The number of urea groups is 1. The fourth-order valence-corrected chi connectivity index (χ4v) is 5.17. The number of hydrogen-bond acceptors (Lipinski definition) is 3. The summed E-state index contributed by atoms with van der Waals surface area (Å²) in [6.07, 6.45) is 2.69. The van der Waals surface area contributed by atoms with E-state index in [1.807, 2.05) is 18.2 Å². The Morgan fingerprint density at radius 2 is 1.82 bits per heavy atom. The lowest BCUT2D eigenvalue weighted by molar-refractivity contribution is 0.222. The van der Waals surface area contributed by atoms with Crippen LogP contribution in [0.4, 0.5) is 10.5 Å². The first kappa shape index (κ1) is 19.0. The zero-order valence-electron chi connectivity index (χ0n) is 15.9. The molecule has 4 rings (SSSR count). The summed E-state index contributed by atoms with van der Waals surface area (Å²) in [4.78, 5) is 14.7. The highest BCUT2D eigenvalue weighted by Crippen LogP contribution is 2.28. The van der Waals surface area contributed by atoms with Gasteiger partial charge in [-0.1, -0.05) is 36.4 Å². The number of nitrogens with zero attached hydrogens (tertiary/aromatic N) is 1. The predicted molar refractivity (Wildman–Crippen MR) is 109 cm³/mol. The van der Waals surface area contributed by atoms with Crippen molar-refractivity contribution in [3.8, 4) is 0 Å². The smallest absolute Gasteiger partial charge is 0.321 e. The lowest BCUT2D eigenvalue weighted by atomic mass is 9.99. The van der Waals surface area contributed by atoms with Gasteiger partial charge in [0.05, 0.1) is 4.90 Å². The Balaban J connectivity index is 1.44. The van der Waals surface area contributed by atoms with Gasteiger partial charge < -0.3 is 10.2 Å². The molecule has 1 aliphatic carbocycles. The van der Waals surface area contributed by atoms with Crippen LogP contribution in [0.5, 0.6) is 0 Å². The SMILES string of the molecule is Cc1ccc(NC(=O)N2CC[C@@H](c3ccccc3)C2)cc1S(=O)(=O)NC1CC1. The third-order valence-corrected chi connectivity index (χ3v) is 7.04. The van der Waals surface area contributed by atoms with E-state index in [0.29, 0.717) is 30.3 Å².